The van der Waals surface area contributed by atoms with Crippen molar-refractivity contribution in [1.82, 2.24) is 5.32 Å². The smallest absolute Gasteiger partial charge is 0.336 e. The highest BCUT2D eigenvalue weighted by Crippen LogP contribution is 2.34. The van der Waals surface area contributed by atoms with E-state index in [-0.39, 0.29) is 18.0 Å². The molecule has 1 aromatic rings. The summed E-state index contributed by atoms with van der Waals surface area (Å²) in [7, 11) is 1.27. The van der Waals surface area contributed by atoms with Crippen LogP contribution in [0.5, 0.6) is 0 Å². The average Bonchev–Trinajstić information content (AvgIpc) is 2.45. The van der Waals surface area contributed by atoms with Crippen LogP contribution in [-0.4, -0.2) is 23.9 Å². The SMILES string of the molecule is COC(=O)C1=C(C)NC(=O)CC1c1ccc([N+](=O)[O-])cc1. The van der Waals surface area contributed by atoms with Gasteiger partial charge in [0, 0.05) is 30.2 Å². The quantitative estimate of drug-likeness (QED) is 0.518. The average molecular weight is 290 g/mol. The molecule has 0 aromatic heterocycles. The van der Waals surface area contributed by atoms with E-state index in [0.717, 1.165) is 0 Å². The van der Waals surface area contributed by atoms with E-state index in [9.17, 15) is 19.7 Å². The maximum absolute atomic E-state index is 11.9. The Morgan fingerprint density at radius 1 is 1.38 bits per heavy atom. The number of hydrogen-bond donors (Lipinski definition) is 1. The first kappa shape index (κ1) is 14.7. The van der Waals surface area contributed by atoms with E-state index in [1.54, 1.807) is 19.1 Å². The van der Waals surface area contributed by atoms with Gasteiger partial charge in [0.25, 0.3) is 5.69 Å². The number of nitro benzene ring substituents is 1. The van der Waals surface area contributed by atoms with Crippen LogP contribution < -0.4 is 5.32 Å². The molecule has 0 saturated heterocycles. The van der Waals surface area contributed by atoms with Crippen molar-refractivity contribution in [2.24, 2.45) is 0 Å². The van der Waals surface area contributed by atoms with Gasteiger partial charge < -0.3 is 10.1 Å². The first-order valence-electron chi connectivity index (χ1n) is 6.27. The van der Waals surface area contributed by atoms with E-state index in [2.05, 4.69) is 5.32 Å². The number of allylic oxidation sites excluding steroid dienone is 1. The van der Waals surface area contributed by atoms with Crippen LogP contribution in [0, 0.1) is 10.1 Å². The number of rotatable bonds is 3. The Bertz CT molecular complexity index is 633. The normalized spacial score (nSPS) is 18.2. The van der Waals surface area contributed by atoms with E-state index in [1.165, 1.54) is 19.2 Å². The summed E-state index contributed by atoms with van der Waals surface area (Å²) in [5.74, 6) is -1.19. The number of carbonyl (C=O) groups is 2. The number of amides is 1. The van der Waals surface area contributed by atoms with Crippen molar-refractivity contribution < 1.29 is 19.2 Å². The maximum Gasteiger partial charge on any atom is 0.336 e. The Hall–Kier alpha value is -2.70. The first-order valence-corrected chi connectivity index (χ1v) is 6.27. The van der Waals surface area contributed by atoms with Gasteiger partial charge in [0.05, 0.1) is 17.6 Å². The lowest BCUT2D eigenvalue weighted by atomic mass is 9.84. The molecule has 0 bridgehead atoms. The van der Waals surface area contributed by atoms with Gasteiger partial charge in [-0.1, -0.05) is 12.1 Å². The Morgan fingerprint density at radius 2 is 2.00 bits per heavy atom. The number of non-ortho nitro benzene ring substituents is 1. The van der Waals surface area contributed by atoms with E-state index in [4.69, 9.17) is 4.74 Å². The van der Waals surface area contributed by atoms with Gasteiger partial charge in [0.15, 0.2) is 0 Å². The standard InChI is InChI=1S/C14H14N2O5/c1-8-13(14(18)21-2)11(7-12(17)15-8)9-3-5-10(6-4-9)16(19)20/h3-6,11H,7H2,1-2H3,(H,15,17). The molecule has 1 aliphatic heterocycles. The van der Waals surface area contributed by atoms with E-state index in [1.807, 2.05) is 0 Å². The minimum absolute atomic E-state index is 0.0423. The molecule has 1 amide bonds. The number of benzene rings is 1. The minimum atomic E-state index is -0.518. The van der Waals surface area contributed by atoms with Crippen LogP contribution in [0.1, 0.15) is 24.8 Å². The zero-order valence-electron chi connectivity index (χ0n) is 11.6. The summed E-state index contributed by atoms with van der Waals surface area (Å²) in [6, 6.07) is 5.81. The molecule has 1 aromatic carbocycles. The molecule has 1 aliphatic rings. The lowest BCUT2D eigenvalue weighted by molar-refractivity contribution is -0.384. The summed E-state index contributed by atoms with van der Waals surface area (Å²) >= 11 is 0. The number of ether oxygens (including phenoxy) is 1. The number of carbonyl (C=O) groups excluding carboxylic acids is 2. The van der Waals surface area contributed by atoms with Crippen LogP contribution in [-0.2, 0) is 14.3 Å². The molecular formula is C14H14N2O5. The molecule has 1 atom stereocenters. The zero-order chi connectivity index (χ0) is 15.6. The molecule has 2 rings (SSSR count). The molecule has 1 unspecified atom stereocenters. The van der Waals surface area contributed by atoms with Gasteiger partial charge in [0.1, 0.15) is 0 Å². The molecular weight excluding hydrogens is 276 g/mol. The summed E-state index contributed by atoms with van der Waals surface area (Å²) in [5, 5.41) is 13.3. The van der Waals surface area contributed by atoms with Gasteiger partial charge in [-0.15, -0.1) is 0 Å². The molecule has 0 saturated carbocycles. The van der Waals surface area contributed by atoms with Crippen molar-refractivity contribution in [1.29, 1.82) is 0 Å². The highest BCUT2D eigenvalue weighted by molar-refractivity contribution is 5.95. The van der Waals surface area contributed by atoms with Gasteiger partial charge in [0.2, 0.25) is 5.91 Å². The third kappa shape index (κ3) is 2.91. The number of nitrogens with zero attached hydrogens (tertiary/aromatic N) is 1. The van der Waals surface area contributed by atoms with Gasteiger partial charge in [-0.25, -0.2) is 4.79 Å². The van der Waals surface area contributed by atoms with Crippen molar-refractivity contribution in [3.05, 3.63) is 51.2 Å². The van der Waals surface area contributed by atoms with Crippen LogP contribution in [0.3, 0.4) is 0 Å². The summed E-state index contributed by atoms with van der Waals surface area (Å²) < 4.78 is 4.75. The number of esters is 1. The van der Waals surface area contributed by atoms with E-state index >= 15 is 0 Å². The fourth-order valence-corrected chi connectivity index (χ4v) is 2.39. The van der Waals surface area contributed by atoms with Crippen molar-refractivity contribution in [3.63, 3.8) is 0 Å². The predicted molar refractivity (Wildman–Crippen MR) is 73.3 cm³/mol. The van der Waals surface area contributed by atoms with E-state index < -0.39 is 16.8 Å². The van der Waals surface area contributed by atoms with Crippen molar-refractivity contribution >= 4 is 17.6 Å². The Morgan fingerprint density at radius 3 is 2.52 bits per heavy atom. The molecule has 7 heteroatoms. The predicted octanol–water partition coefficient (Wildman–Crippen LogP) is 1.65. The second kappa shape index (κ2) is 5.74. The number of nitro groups is 1. The van der Waals surface area contributed by atoms with Gasteiger partial charge in [-0.3, -0.25) is 14.9 Å². The van der Waals surface area contributed by atoms with Crippen LogP contribution >= 0.6 is 0 Å². The summed E-state index contributed by atoms with van der Waals surface area (Å²) in [6.07, 6.45) is 0.0968. The number of nitrogens with one attached hydrogen (secondary N) is 1. The first-order chi connectivity index (χ1) is 9.93. The van der Waals surface area contributed by atoms with Gasteiger partial charge >= 0.3 is 5.97 Å². The van der Waals surface area contributed by atoms with Crippen molar-refractivity contribution in [2.45, 2.75) is 19.3 Å². The molecule has 0 radical (unpaired) electrons. The zero-order valence-corrected chi connectivity index (χ0v) is 11.6. The maximum atomic E-state index is 11.9. The molecule has 1 N–H and O–H groups in total. The highest BCUT2D eigenvalue weighted by Gasteiger charge is 2.32. The Kier molecular flexibility index (Phi) is 4.02. The summed E-state index contributed by atoms with van der Waals surface area (Å²) in [4.78, 5) is 33.8. The molecule has 1 heterocycles. The molecule has 21 heavy (non-hydrogen) atoms. The summed E-state index contributed by atoms with van der Waals surface area (Å²) in [6.45, 7) is 1.63. The topological polar surface area (TPSA) is 98.5 Å². The number of methoxy groups -OCH3 is 1. The number of hydrogen-bond acceptors (Lipinski definition) is 5. The summed E-state index contributed by atoms with van der Waals surface area (Å²) in [5.41, 5.74) is 1.43. The Labute approximate surface area is 120 Å². The van der Waals surface area contributed by atoms with E-state index in [0.29, 0.717) is 16.8 Å². The largest absolute Gasteiger partial charge is 0.466 e. The van der Waals surface area contributed by atoms with Crippen LogP contribution in [0.2, 0.25) is 0 Å². The lowest BCUT2D eigenvalue weighted by Gasteiger charge is -2.26. The van der Waals surface area contributed by atoms with Crippen LogP contribution in [0.4, 0.5) is 5.69 Å². The van der Waals surface area contributed by atoms with Crippen LogP contribution in [0.15, 0.2) is 35.5 Å². The van der Waals surface area contributed by atoms with Gasteiger partial charge in [-0.2, -0.15) is 0 Å². The second-order valence-corrected chi connectivity index (χ2v) is 4.68. The molecule has 0 aliphatic carbocycles. The monoisotopic (exact) mass is 290 g/mol. The third-order valence-electron chi connectivity index (χ3n) is 3.38. The Balaban J connectivity index is 2.43. The fraction of sp³-hybridized carbons (Fsp3) is 0.286. The van der Waals surface area contributed by atoms with Crippen molar-refractivity contribution in [2.75, 3.05) is 7.11 Å². The molecule has 7 nitrogen and oxygen atoms in total. The molecule has 0 fully saturated rings. The van der Waals surface area contributed by atoms with Crippen molar-refractivity contribution in [3.8, 4) is 0 Å². The minimum Gasteiger partial charge on any atom is -0.466 e. The lowest BCUT2D eigenvalue weighted by Crippen LogP contribution is -2.34. The molecule has 0 spiro atoms. The fourth-order valence-electron chi connectivity index (χ4n) is 2.39. The third-order valence-corrected chi connectivity index (χ3v) is 3.38. The second-order valence-electron chi connectivity index (χ2n) is 4.68. The highest BCUT2D eigenvalue weighted by atomic mass is 16.6. The van der Waals surface area contributed by atoms with Gasteiger partial charge in [-0.05, 0) is 12.5 Å². The van der Waals surface area contributed by atoms with Crippen LogP contribution in [0.25, 0.3) is 0 Å². The molecule has 110 valence electrons.